The van der Waals surface area contributed by atoms with Crippen LogP contribution < -0.4 is 0 Å². The van der Waals surface area contributed by atoms with Crippen molar-refractivity contribution in [2.24, 2.45) is 0 Å². The van der Waals surface area contributed by atoms with Crippen LogP contribution in [0.2, 0.25) is 0 Å². The fourth-order valence-corrected chi connectivity index (χ4v) is 1.87. The van der Waals surface area contributed by atoms with E-state index in [2.05, 4.69) is 19.1 Å². The van der Waals surface area contributed by atoms with Gasteiger partial charge in [-0.05, 0) is 12.0 Å². The van der Waals surface area contributed by atoms with E-state index in [-0.39, 0.29) is 12.1 Å². The van der Waals surface area contributed by atoms with Crippen LogP contribution in [0.25, 0.3) is 0 Å². The van der Waals surface area contributed by atoms with E-state index in [0.717, 1.165) is 6.42 Å². The highest BCUT2D eigenvalue weighted by atomic mass is 16.5. The smallest absolute Gasteiger partial charge is 0.306 e. The number of ether oxygens (including phenoxy) is 1. The molecule has 1 aliphatic rings. The average molecular weight is 190 g/mol. The number of hydrogen-bond donors (Lipinski definition) is 0. The fraction of sp³-hybridized carbons (Fsp3) is 0.417. The van der Waals surface area contributed by atoms with E-state index in [1.807, 2.05) is 18.2 Å². The molecular formula is C12H14O2. The van der Waals surface area contributed by atoms with Crippen molar-refractivity contribution in [1.82, 2.24) is 0 Å². The van der Waals surface area contributed by atoms with Crippen molar-refractivity contribution in [2.75, 3.05) is 0 Å². The van der Waals surface area contributed by atoms with Crippen LogP contribution in [-0.2, 0) is 9.53 Å². The zero-order valence-electron chi connectivity index (χ0n) is 8.27. The van der Waals surface area contributed by atoms with Crippen molar-refractivity contribution in [1.29, 1.82) is 0 Å². The lowest BCUT2D eigenvalue weighted by Gasteiger charge is -2.18. The first kappa shape index (κ1) is 9.25. The van der Waals surface area contributed by atoms with Gasteiger partial charge < -0.3 is 4.74 Å². The molecule has 2 atom stereocenters. The van der Waals surface area contributed by atoms with Crippen LogP contribution in [0.1, 0.15) is 31.2 Å². The quantitative estimate of drug-likeness (QED) is 0.670. The Morgan fingerprint density at radius 2 is 2.07 bits per heavy atom. The van der Waals surface area contributed by atoms with Crippen LogP contribution in [0.4, 0.5) is 0 Å². The van der Waals surface area contributed by atoms with Gasteiger partial charge in [0, 0.05) is 12.3 Å². The average Bonchev–Trinajstić information content (AvgIpc) is 2.65. The summed E-state index contributed by atoms with van der Waals surface area (Å²) in [5.41, 5.74) is 1.24. The van der Waals surface area contributed by atoms with E-state index >= 15 is 0 Å². The van der Waals surface area contributed by atoms with Crippen molar-refractivity contribution < 1.29 is 9.53 Å². The largest absolute Gasteiger partial charge is 0.462 e. The van der Waals surface area contributed by atoms with Gasteiger partial charge in [-0.1, -0.05) is 37.3 Å². The summed E-state index contributed by atoms with van der Waals surface area (Å²) in [6.45, 7) is 2.11. The van der Waals surface area contributed by atoms with E-state index in [1.165, 1.54) is 5.56 Å². The lowest BCUT2D eigenvalue weighted by atomic mass is 9.94. The molecule has 2 rings (SSSR count). The second-order valence-corrected chi connectivity index (χ2v) is 3.77. The molecule has 74 valence electrons. The number of carbonyl (C=O) groups excluding carboxylic acids is 1. The molecule has 0 aliphatic carbocycles. The van der Waals surface area contributed by atoms with E-state index in [0.29, 0.717) is 12.3 Å². The summed E-state index contributed by atoms with van der Waals surface area (Å²) in [5.74, 6) is 0.250. The first-order valence-electron chi connectivity index (χ1n) is 5.02. The molecule has 1 aromatic carbocycles. The Kier molecular flexibility index (Phi) is 2.53. The number of rotatable bonds is 2. The second kappa shape index (κ2) is 3.82. The monoisotopic (exact) mass is 190 g/mol. The Hall–Kier alpha value is -1.31. The lowest BCUT2D eigenvalue weighted by molar-refractivity contribution is -0.142. The molecule has 0 radical (unpaired) electrons. The van der Waals surface area contributed by atoms with E-state index in [9.17, 15) is 4.79 Å². The Labute approximate surface area is 83.9 Å². The van der Waals surface area contributed by atoms with Crippen LogP contribution in [0.5, 0.6) is 0 Å². The van der Waals surface area contributed by atoms with Crippen molar-refractivity contribution >= 4 is 5.97 Å². The van der Waals surface area contributed by atoms with Gasteiger partial charge in [-0.25, -0.2) is 0 Å². The molecule has 2 nitrogen and oxygen atoms in total. The van der Waals surface area contributed by atoms with Crippen LogP contribution in [-0.4, -0.2) is 12.1 Å². The number of esters is 1. The summed E-state index contributed by atoms with van der Waals surface area (Å²) in [4.78, 5) is 11.0. The molecule has 0 saturated carbocycles. The molecule has 1 heterocycles. The third-order valence-corrected chi connectivity index (χ3v) is 2.80. The van der Waals surface area contributed by atoms with Crippen LogP contribution in [0, 0.1) is 0 Å². The first-order valence-corrected chi connectivity index (χ1v) is 5.02. The third kappa shape index (κ3) is 1.79. The lowest BCUT2D eigenvalue weighted by Crippen LogP contribution is -2.15. The van der Waals surface area contributed by atoms with Gasteiger partial charge in [0.05, 0.1) is 0 Å². The van der Waals surface area contributed by atoms with Gasteiger partial charge in [-0.3, -0.25) is 4.79 Å². The third-order valence-electron chi connectivity index (χ3n) is 2.80. The molecule has 1 aliphatic heterocycles. The van der Waals surface area contributed by atoms with Crippen molar-refractivity contribution in [3.63, 3.8) is 0 Å². The minimum absolute atomic E-state index is 0.0576. The molecule has 1 aromatic rings. The number of cyclic esters (lactones) is 1. The van der Waals surface area contributed by atoms with Crippen molar-refractivity contribution in [3.05, 3.63) is 35.9 Å². The summed E-state index contributed by atoms with van der Waals surface area (Å²) < 4.78 is 5.24. The summed E-state index contributed by atoms with van der Waals surface area (Å²) in [5, 5.41) is 0. The van der Waals surface area contributed by atoms with Gasteiger partial charge in [-0.2, -0.15) is 0 Å². The Balaban J connectivity index is 2.09. The maximum absolute atomic E-state index is 11.0. The molecule has 1 fully saturated rings. The maximum Gasteiger partial charge on any atom is 0.306 e. The topological polar surface area (TPSA) is 26.3 Å². The zero-order chi connectivity index (χ0) is 9.97. The molecule has 0 N–H and O–H groups in total. The molecule has 0 aromatic heterocycles. The standard InChI is InChI=1S/C12H14O2/c1-9(10-5-3-2-4-6-10)11-7-8-12(13)14-11/h2-6,9,11H,7-8H2,1H3/t9-,11+/m1/s1. The van der Waals surface area contributed by atoms with Gasteiger partial charge in [-0.15, -0.1) is 0 Å². The van der Waals surface area contributed by atoms with Gasteiger partial charge in [0.25, 0.3) is 0 Å². The minimum atomic E-state index is -0.0576. The van der Waals surface area contributed by atoms with Gasteiger partial charge in [0.2, 0.25) is 0 Å². The van der Waals surface area contributed by atoms with E-state index in [1.54, 1.807) is 0 Å². The van der Waals surface area contributed by atoms with Crippen LogP contribution in [0.15, 0.2) is 30.3 Å². The molecule has 1 saturated heterocycles. The Bertz CT molecular complexity index is 318. The number of benzene rings is 1. The van der Waals surface area contributed by atoms with E-state index < -0.39 is 0 Å². The fourth-order valence-electron chi connectivity index (χ4n) is 1.87. The predicted octanol–water partition coefficient (Wildman–Crippen LogP) is 2.50. The summed E-state index contributed by atoms with van der Waals surface area (Å²) in [6, 6.07) is 10.2. The van der Waals surface area contributed by atoms with Crippen molar-refractivity contribution in [2.45, 2.75) is 31.8 Å². The van der Waals surface area contributed by atoms with E-state index in [4.69, 9.17) is 4.74 Å². The Morgan fingerprint density at radius 1 is 1.36 bits per heavy atom. The molecular weight excluding hydrogens is 176 g/mol. The molecule has 0 unspecified atom stereocenters. The van der Waals surface area contributed by atoms with Crippen molar-refractivity contribution in [3.8, 4) is 0 Å². The molecule has 0 amide bonds. The predicted molar refractivity (Wildman–Crippen MR) is 54.0 cm³/mol. The van der Waals surface area contributed by atoms with Crippen LogP contribution >= 0.6 is 0 Å². The molecule has 0 spiro atoms. The van der Waals surface area contributed by atoms with Gasteiger partial charge in [0.15, 0.2) is 0 Å². The summed E-state index contributed by atoms with van der Waals surface area (Å²) in [7, 11) is 0. The maximum atomic E-state index is 11.0. The van der Waals surface area contributed by atoms with Gasteiger partial charge >= 0.3 is 5.97 Å². The molecule has 2 heteroatoms. The van der Waals surface area contributed by atoms with Gasteiger partial charge in [0.1, 0.15) is 6.10 Å². The molecule has 14 heavy (non-hydrogen) atoms. The highest BCUT2D eigenvalue weighted by Crippen LogP contribution is 2.28. The highest BCUT2D eigenvalue weighted by molar-refractivity contribution is 5.71. The Morgan fingerprint density at radius 3 is 2.64 bits per heavy atom. The summed E-state index contributed by atoms with van der Waals surface area (Å²) >= 11 is 0. The highest BCUT2D eigenvalue weighted by Gasteiger charge is 2.28. The minimum Gasteiger partial charge on any atom is -0.462 e. The number of hydrogen-bond acceptors (Lipinski definition) is 2. The summed E-state index contributed by atoms with van der Waals surface area (Å²) in [6.07, 6.45) is 1.50. The molecule has 0 bridgehead atoms. The normalized spacial score (nSPS) is 23.2. The van der Waals surface area contributed by atoms with Crippen LogP contribution in [0.3, 0.4) is 0 Å². The first-order chi connectivity index (χ1) is 6.77. The second-order valence-electron chi connectivity index (χ2n) is 3.77. The number of carbonyl (C=O) groups is 1. The SMILES string of the molecule is C[C@H](c1ccccc1)[C@@H]1CCC(=O)O1. The zero-order valence-corrected chi connectivity index (χ0v) is 8.27.